The number of nitrogens with zero attached hydrogens (tertiary/aromatic N) is 1. The molecule has 0 unspecified atom stereocenters. The van der Waals surface area contributed by atoms with E-state index in [0.29, 0.717) is 31.5 Å². The first-order chi connectivity index (χ1) is 13.3. The van der Waals surface area contributed by atoms with Crippen molar-refractivity contribution in [2.75, 3.05) is 31.2 Å². The van der Waals surface area contributed by atoms with Crippen LogP contribution in [0.25, 0.3) is 11.3 Å². The zero-order valence-corrected chi connectivity index (χ0v) is 15.0. The van der Waals surface area contributed by atoms with Crippen molar-refractivity contribution in [3.05, 3.63) is 82.5 Å². The Morgan fingerprint density at radius 3 is 2.41 bits per heavy atom. The van der Waals surface area contributed by atoms with Crippen LogP contribution in [0, 0.1) is 0 Å². The molecular formula is C22H21NO4. The zero-order chi connectivity index (χ0) is 18.5. The van der Waals surface area contributed by atoms with Gasteiger partial charge in [-0.05, 0) is 29.8 Å². The van der Waals surface area contributed by atoms with Gasteiger partial charge in [0, 0.05) is 30.8 Å². The summed E-state index contributed by atoms with van der Waals surface area (Å²) < 4.78 is 17.2. The molecule has 138 valence electrons. The summed E-state index contributed by atoms with van der Waals surface area (Å²) in [5, 5.41) is 0. The Hall–Kier alpha value is -3.05. The van der Waals surface area contributed by atoms with Crippen molar-refractivity contribution in [3.63, 3.8) is 0 Å². The van der Waals surface area contributed by atoms with E-state index in [0.717, 1.165) is 30.0 Å². The fourth-order valence-corrected chi connectivity index (χ4v) is 3.00. The number of benzene rings is 2. The Kier molecular flexibility index (Phi) is 5.21. The van der Waals surface area contributed by atoms with Crippen LogP contribution in [-0.4, -0.2) is 26.3 Å². The highest BCUT2D eigenvalue weighted by Crippen LogP contribution is 2.25. The molecule has 0 N–H and O–H groups in total. The van der Waals surface area contributed by atoms with Crippen LogP contribution < -0.4 is 15.1 Å². The minimum Gasteiger partial charge on any atom is -0.489 e. The van der Waals surface area contributed by atoms with E-state index in [1.54, 1.807) is 0 Å². The molecule has 0 amide bonds. The number of hydrogen-bond donors (Lipinski definition) is 0. The van der Waals surface area contributed by atoms with Crippen LogP contribution in [0.5, 0.6) is 5.75 Å². The molecule has 3 aromatic rings. The van der Waals surface area contributed by atoms with Crippen LogP contribution in [0.2, 0.25) is 0 Å². The molecule has 2 heterocycles. The van der Waals surface area contributed by atoms with Crippen molar-refractivity contribution in [1.82, 2.24) is 0 Å². The average molecular weight is 363 g/mol. The highest BCUT2D eigenvalue weighted by molar-refractivity contribution is 5.59. The summed E-state index contributed by atoms with van der Waals surface area (Å²) in [6, 6.07) is 20.7. The molecule has 5 nitrogen and oxygen atoms in total. The average Bonchev–Trinajstić information content (AvgIpc) is 2.73. The fourth-order valence-electron chi connectivity index (χ4n) is 3.00. The Balaban J connectivity index is 1.49. The predicted octanol–water partition coefficient (Wildman–Crippen LogP) is 3.72. The van der Waals surface area contributed by atoms with Crippen LogP contribution in [0.4, 0.5) is 5.88 Å². The largest absolute Gasteiger partial charge is 0.489 e. The summed E-state index contributed by atoms with van der Waals surface area (Å²) >= 11 is 0. The molecule has 1 aromatic heterocycles. The fraction of sp³-hybridized carbons (Fsp3) is 0.227. The second-order valence-electron chi connectivity index (χ2n) is 6.39. The number of hydrogen-bond acceptors (Lipinski definition) is 5. The van der Waals surface area contributed by atoms with E-state index in [4.69, 9.17) is 13.9 Å². The van der Waals surface area contributed by atoms with Gasteiger partial charge in [-0.2, -0.15) is 0 Å². The van der Waals surface area contributed by atoms with Crippen molar-refractivity contribution in [3.8, 4) is 17.1 Å². The van der Waals surface area contributed by atoms with Crippen LogP contribution in [0.15, 0.2) is 75.9 Å². The number of rotatable bonds is 5. The Morgan fingerprint density at radius 2 is 1.67 bits per heavy atom. The summed E-state index contributed by atoms with van der Waals surface area (Å²) in [5.41, 5.74) is 1.89. The highest BCUT2D eigenvalue weighted by atomic mass is 16.5. The number of morpholine rings is 1. The van der Waals surface area contributed by atoms with Gasteiger partial charge in [0.2, 0.25) is 0 Å². The van der Waals surface area contributed by atoms with Gasteiger partial charge < -0.3 is 18.8 Å². The molecule has 0 aliphatic carbocycles. The van der Waals surface area contributed by atoms with Crippen molar-refractivity contribution in [2.24, 2.45) is 0 Å². The molecule has 27 heavy (non-hydrogen) atoms. The molecule has 2 aromatic carbocycles. The summed E-state index contributed by atoms with van der Waals surface area (Å²) in [6.07, 6.45) is 0. The first-order valence-corrected chi connectivity index (χ1v) is 9.03. The minimum atomic E-state index is -0.0675. The first kappa shape index (κ1) is 17.4. The van der Waals surface area contributed by atoms with Gasteiger partial charge in [0.15, 0.2) is 11.3 Å². The smallest absolute Gasteiger partial charge is 0.200 e. The lowest BCUT2D eigenvalue weighted by atomic mass is 10.1. The lowest BCUT2D eigenvalue weighted by Crippen LogP contribution is -2.36. The molecular weight excluding hydrogens is 342 g/mol. The summed E-state index contributed by atoms with van der Waals surface area (Å²) in [7, 11) is 0. The highest BCUT2D eigenvalue weighted by Gasteiger charge is 2.15. The maximum atomic E-state index is 12.1. The molecule has 1 aliphatic heterocycles. The van der Waals surface area contributed by atoms with Crippen molar-refractivity contribution in [1.29, 1.82) is 0 Å². The van der Waals surface area contributed by atoms with Crippen LogP contribution in [-0.2, 0) is 11.3 Å². The Labute approximate surface area is 157 Å². The SMILES string of the molecule is O=c1cc(-c2ccc(OCc3ccccc3)cc2)oc(N2CCOCC2)c1. The maximum absolute atomic E-state index is 12.1. The van der Waals surface area contributed by atoms with Crippen molar-refractivity contribution < 1.29 is 13.9 Å². The molecule has 0 radical (unpaired) electrons. The van der Waals surface area contributed by atoms with E-state index in [1.165, 1.54) is 12.1 Å². The molecule has 0 saturated carbocycles. The van der Waals surface area contributed by atoms with E-state index in [2.05, 4.69) is 0 Å². The molecule has 0 bridgehead atoms. The predicted molar refractivity (Wildman–Crippen MR) is 104 cm³/mol. The molecule has 0 atom stereocenters. The normalized spacial score (nSPS) is 14.1. The third-order valence-corrected chi connectivity index (χ3v) is 4.46. The topological polar surface area (TPSA) is 51.9 Å². The molecule has 1 saturated heterocycles. The summed E-state index contributed by atoms with van der Waals surface area (Å²) in [5.74, 6) is 1.91. The van der Waals surface area contributed by atoms with Gasteiger partial charge in [0.05, 0.1) is 13.2 Å². The van der Waals surface area contributed by atoms with E-state index in [1.807, 2.05) is 59.5 Å². The van der Waals surface area contributed by atoms with Gasteiger partial charge in [-0.15, -0.1) is 0 Å². The standard InChI is InChI=1S/C22H21NO4/c24-19-14-21(27-22(15-19)23-10-12-25-13-11-23)18-6-8-20(9-7-18)26-16-17-4-2-1-3-5-17/h1-9,14-15H,10-13,16H2. The van der Waals surface area contributed by atoms with Gasteiger partial charge in [0.1, 0.15) is 18.1 Å². The molecule has 5 heteroatoms. The van der Waals surface area contributed by atoms with Crippen LogP contribution in [0.1, 0.15) is 5.56 Å². The monoisotopic (exact) mass is 363 g/mol. The molecule has 1 fully saturated rings. The van der Waals surface area contributed by atoms with Crippen molar-refractivity contribution in [2.45, 2.75) is 6.61 Å². The minimum absolute atomic E-state index is 0.0675. The van der Waals surface area contributed by atoms with E-state index in [-0.39, 0.29) is 5.43 Å². The van der Waals surface area contributed by atoms with Gasteiger partial charge in [-0.1, -0.05) is 30.3 Å². The lowest BCUT2D eigenvalue weighted by molar-refractivity contribution is 0.120. The summed E-state index contributed by atoms with van der Waals surface area (Å²) in [4.78, 5) is 14.1. The first-order valence-electron chi connectivity index (χ1n) is 9.03. The van der Waals surface area contributed by atoms with Crippen LogP contribution in [0.3, 0.4) is 0 Å². The third kappa shape index (κ3) is 4.38. The van der Waals surface area contributed by atoms with E-state index >= 15 is 0 Å². The van der Waals surface area contributed by atoms with Gasteiger partial charge >= 0.3 is 0 Å². The Bertz CT molecular complexity index is 929. The van der Waals surface area contributed by atoms with Gasteiger partial charge in [0.25, 0.3) is 0 Å². The van der Waals surface area contributed by atoms with Gasteiger partial charge in [-0.25, -0.2) is 0 Å². The quantitative estimate of drug-likeness (QED) is 0.691. The van der Waals surface area contributed by atoms with Gasteiger partial charge in [-0.3, -0.25) is 4.79 Å². The van der Waals surface area contributed by atoms with Crippen molar-refractivity contribution >= 4 is 5.88 Å². The number of anilines is 1. The molecule has 1 aliphatic rings. The third-order valence-electron chi connectivity index (χ3n) is 4.46. The van der Waals surface area contributed by atoms with Crippen LogP contribution >= 0.6 is 0 Å². The molecule has 4 rings (SSSR count). The number of ether oxygens (including phenoxy) is 2. The second kappa shape index (κ2) is 8.10. The van der Waals surface area contributed by atoms with E-state index < -0.39 is 0 Å². The second-order valence-corrected chi connectivity index (χ2v) is 6.39. The lowest BCUT2D eigenvalue weighted by Gasteiger charge is -2.27. The molecule has 0 spiro atoms. The zero-order valence-electron chi connectivity index (χ0n) is 15.0. The summed E-state index contributed by atoms with van der Waals surface area (Å²) in [6.45, 7) is 3.24. The van der Waals surface area contributed by atoms with E-state index in [9.17, 15) is 4.79 Å². The Morgan fingerprint density at radius 1 is 0.926 bits per heavy atom. The maximum Gasteiger partial charge on any atom is 0.200 e.